The molecule has 1 saturated carbocycles. The first kappa shape index (κ1) is 18.0. The summed E-state index contributed by atoms with van der Waals surface area (Å²) in [6.07, 6.45) is 8.18. The van der Waals surface area contributed by atoms with Crippen molar-refractivity contribution in [1.82, 2.24) is 15.0 Å². The molecule has 1 saturated heterocycles. The monoisotopic (exact) mass is 368 g/mol. The first-order chi connectivity index (χ1) is 13.2. The summed E-state index contributed by atoms with van der Waals surface area (Å²) in [5.74, 6) is 2.26. The smallest absolute Gasteiger partial charge is 0.228 e. The molecule has 0 amide bonds. The number of aromatic nitrogens is 3. The van der Waals surface area contributed by atoms with Gasteiger partial charge in [0.05, 0.1) is 18.9 Å². The van der Waals surface area contributed by atoms with E-state index < -0.39 is 0 Å². The van der Waals surface area contributed by atoms with Gasteiger partial charge in [-0.05, 0) is 25.0 Å². The molecule has 144 valence electrons. The molecule has 0 aromatic carbocycles. The van der Waals surface area contributed by atoms with Crippen LogP contribution >= 0.6 is 0 Å². The molecule has 2 aromatic heterocycles. The van der Waals surface area contributed by atoms with Crippen molar-refractivity contribution >= 4 is 17.6 Å². The van der Waals surface area contributed by atoms with E-state index in [1.165, 1.54) is 32.1 Å². The van der Waals surface area contributed by atoms with Gasteiger partial charge in [0.25, 0.3) is 0 Å². The SMILES string of the molecule is CN(c1cc(-c2ccc(N)nc2)nc(N2CCOCC2)n1)C1CCCCC1. The van der Waals surface area contributed by atoms with E-state index in [0.717, 1.165) is 36.1 Å². The molecule has 1 aliphatic heterocycles. The summed E-state index contributed by atoms with van der Waals surface area (Å²) in [5.41, 5.74) is 7.60. The molecule has 0 atom stereocenters. The minimum Gasteiger partial charge on any atom is -0.384 e. The lowest BCUT2D eigenvalue weighted by atomic mass is 9.94. The Bertz CT molecular complexity index is 754. The molecule has 4 rings (SSSR count). The maximum Gasteiger partial charge on any atom is 0.228 e. The van der Waals surface area contributed by atoms with Crippen LogP contribution < -0.4 is 15.5 Å². The molecule has 2 fully saturated rings. The van der Waals surface area contributed by atoms with E-state index >= 15 is 0 Å². The molecule has 1 aliphatic carbocycles. The molecule has 0 bridgehead atoms. The van der Waals surface area contributed by atoms with E-state index in [1.54, 1.807) is 6.20 Å². The maximum atomic E-state index is 5.75. The lowest BCUT2D eigenvalue weighted by Gasteiger charge is -2.33. The summed E-state index contributed by atoms with van der Waals surface area (Å²) >= 11 is 0. The second-order valence-electron chi connectivity index (χ2n) is 7.39. The van der Waals surface area contributed by atoms with Crippen LogP contribution in [0.4, 0.5) is 17.6 Å². The summed E-state index contributed by atoms with van der Waals surface area (Å²) in [6, 6.07) is 6.41. The molecule has 27 heavy (non-hydrogen) atoms. The van der Waals surface area contributed by atoms with Gasteiger partial charge in [-0.25, -0.2) is 9.97 Å². The van der Waals surface area contributed by atoms with Gasteiger partial charge < -0.3 is 20.3 Å². The Balaban J connectivity index is 1.70. The van der Waals surface area contributed by atoms with Gasteiger partial charge in [-0.1, -0.05) is 19.3 Å². The molecular formula is C20H28N6O. The van der Waals surface area contributed by atoms with Gasteiger partial charge >= 0.3 is 0 Å². The fourth-order valence-electron chi connectivity index (χ4n) is 3.87. The number of nitrogen functional groups attached to an aromatic ring is 1. The van der Waals surface area contributed by atoms with Crippen molar-refractivity contribution in [1.29, 1.82) is 0 Å². The highest BCUT2D eigenvalue weighted by atomic mass is 16.5. The van der Waals surface area contributed by atoms with Gasteiger partial charge in [-0.3, -0.25) is 0 Å². The van der Waals surface area contributed by atoms with Crippen molar-refractivity contribution in [2.75, 3.05) is 48.9 Å². The van der Waals surface area contributed by atoms with E-state index in [-0.39, 0.29) is 0 Å². The lowest BCUT2D eigenvalue weighted by molar-refractivity contribution is 0.122. The zero-order valence-electron chi connectivity index (χ0n) is 16.0. The highest BCUT2D eigenvalue weighted by Crippen LogP contribution is 2.29. The van der Waals surface area contributed by atoms with Crippen molar-refractivity contribution in [3.8, 4) is 11.3 Å². The van der Waals surface area contributed by atoms with Gasteiger partial charge in [0.15, 0.2) is 0 Å². The molecule has 0 radical (unpaired) electrons. The molecule has 0 spiro atoms. The Morgan fingerprint density at radius 1 is 1.11 bits per heavy atom. The van der Waals surface area contributed by atoms with E-state index in [0.29, 0.717) is 25.1 Å². The van der Waals surface area contributed by atoms with Gasteiger partial charge in [-0.15, -0.1) is 0 Å². The first-order valence-electron chi connectivity index (χ1n) is 9.87. The van der Waals surface area contributed by atoms with Crippen LogP contribution in [0.2, 0.25) is 0 Å². The number of ether oxygens (including phenoxy) is 1. The Morgan fingerprint density at radius 2 is 1.89 bits per heavy atom. The Labute approximate surface area is 160 Å². The highest BCUT2D eigenvalue weighted by Gasteiger charge is 2.22. The molecule has 2 N–H and O–H groups in total. The minimum absolute atomic E-state index is 0.515. The topological polar surface area (TPSA) is 80.4 Å². The number of nitrogens with zero attached hydrogens (tertiary/aromatic N) is 5. The molecule has 2 aliphatic rings. The number of hydrogen-bond acceptors (Lipinski definition) is 7. The highest BCUT2D eigenvalue weighted by molar-refractivity contribution is 5.65. The number of rotatable bonds is 4. The summed E-state index contributed by atoms with van der Waals surface area (Å²) in [7, 11) is 2.16. The van der Waals surface area contributed by atoms with Crippen LogP contribution in [-0.4, -0.2) is 54.3 Å². The molecule has 0 unspecified atom stereocenters. The summed E-state index contributed by atoms with van der Waals surface area (Å²) in [5, 5.41) is 0. The zero-order chi connectivity index (χ0) is 18.6. The van der Waals surface area contributed by atoms with Crippen molar-refractivity contribution in [2.45, 2.75) is 38.1 Å². The molecular weight excluding hydrogens is 340 g/mol. The number of nitrogens with two attached hydrogens (primary N) is 1. The third kappa shape index (κ3) is 4.13. The average molecular weight is 368 g/mol. The first-order valence-corrected chi connectivity index (χ1v) is 9.87. The van der Waals surface area contributed by atoms with Gasteiger partial charge in [-0.2, -0.15) is 4.98 Å². The summed E-state index contributed by atoms with van der Waals surface area (Å²) in [4.78, 5) is 18.5. The largest absolute Gasteiger partial charge is 0.384 e. The molecule has 7 heteroatoms. The van der Waals surface area contributed by atoms with E-state index in [9.17, 15) is 0 Å². The lowest BCUT2D eigenvalue weighted by Crippen LogP contribution is -2.38. The van der Waals surface area contributed by atoms with Crippen LogP contribution in [0.5, 0.6) is 0 Å². The average Bonchev–Trinajstić information content (AvgIpc) is 2.74. The summed E-state index contributed by atoms with van der Waals surface area (Å²) in [6.45, 7) is 3.06. The van der Waals surface area contributed by atoms with Crippen molar-refractivity contribution < 1.29 is 4.74 Å². The van der Waals surface area contributed by atoms with E-state index in [2.05, 4.69) is 27.9 Å². The van der Waals surface area contributed by atoms with Crippen LogP contribution in [-0.2, 0) is 4.74 Å². The normalized spacial score (nSPS) is 18.5. The van der Waals surface area contributed by atoms with E-state index in [1.807, 2.05) is 12.1 Å². The predicted octanol–water partition coefficient (Wildman–Crippen LogP) is 2.73. The quantitative estimate of drug-likeness (QED) is 0.889. The number of pyridine rings is 1. The Morgan fingerprint density at radius 3 is 2.59 bits per heavy atom. The van der Waals surface area contributed by atoms with Crippen molar-refractivity contribution in [3.05, 3.63) is 24.4 Å². The number of hydrogen-bond donors (Lipinski definition) is 1. The van der Waals surface area contributed by atoms with Gasteiger partial charge in [0, 0.05) is 44.0 Å². The molecule has 3 heterocycles. The fourth-order valence-corrected chi connectivity index (χ4v) is 3.87. The van der Waals surface area contributed by atoms with Crippen LogP contribution in [0.25, 0.3) is 11.3 Å². The zero-order valence-corrected chi connectivity index (χ0v) is 16.0. The van der Waals surface area contributed by atoms with Crippen molar-refractivity contribution in [3.63, 3.8) is 0 Å². The van der Waals surface area contributed by atoms with Crippen LogP contribution in [0.15, 0.2) is 24.4 Å². The third-order valence-electron chi connectivity index (χ3n) is 5.56. The van der Waals surface area contributed by atoms with Crippen LogP contribution in [0.3, 0.4) is 0 Å². The number of anilines is 3. The fraction of sp³-hybridized carbons (Fsp3) is 0.550. The predicted molar refractivity (Wildman–Crippen MR) is 108 cm³/mol. The second-order valence-corrected chi connectivity index (χ2v) is 7.39. The Kier molecular flexibility index (Phi) is 5.38. The maximum absolute atomic E-state index is 5.75. The van der Waals surface area contributed by atoms with E-state index in [4.69, 9.17) is 20.4 Å². The van der Waals surface area contributed by atoms with Crippen LogP contribution in [0, 0.1) is 0 Å². The third-order valence-corrected chi connectivity index (χ3v) is 5.56. The van der Waals surface area contributed by atoms with Crippen LogP contribution in [0.1, 0.15) is 32.1 Å². The molecule has 2 aromatic rings. The number of morpholine rings is 1. The minimum atomic E-state index is 0.515. The standard InChI is InChI=1S/C20H28N6O/c1-25(16-5-3-2-4-6-16)19-13-17(15-7-8-18(21)22-14-15)23-20(24-19)26-9-11-27-12-10-26/h7-8,13-14,16H,2-6,9-12H2,1H3,(H2,21,22). The molecule has 7 nitrogen and oxygen atoms in total. The second kappa shape index (κ2) is 8.08. The van der Waals surface area contributed by atoms with Crippen molar-refractivity contribution in [2.24, 2.45) is 0 Å². The van der Waals surface area contributed by atoms with Gasteiger partial charge in [0.1, 0.15) is 11.6 Å². The van der Waals surface area contributed by atoms with Gasteiger partial charge in [0.2, 0.25) is 5.95 Å². The Hall–Kier alpha value is -2.41. The summed E-state index contributed by atoms with van der Waals surface area (Å²) < 4.78 is 5.49.